The molecule has 0 amide bonds. The minimum absolute atomic E-state index is 0.0172. The van der Waals surface area contributed by atoms with Crippen LogP contribution in [0.5, 0.6) is 40.2 Å². The summed E-state index contributed by atoms with van der Waals surface area (Å²) in [5.41, 5.74) is 2.16. The third-order valence-corrected chi connectivity index (χ3v) is 6.47. The molecule has 2 unspecified atom stereocenters. The topological polar surface area (TPSA) is 157 Å². The van der Waals surface area contributed by atoms with E-state index >= 15 is 0 Å². The first-order chi connectivity index (χ1) is 17.4. The van der Waals surface area contributed by atoms with E-state index in [9.17, 15) is 35.4 Å². The smallest absolute Gasteiger partial charge is 0.338 e. The summed E-state index contributed by atoms with van der Waals surface area (Å²) in [4.78, 5) is 13.3. The molecule has 1 heterocycles. The number of hydrogen-bond acceptors (Lipinski definition) is 9. The highest BCUT2D eigenvalue weighted by atomic mass is 16.6. The standard InChI is InChI=1S/C28H30O9/c1-12(2)17-5-15(8-20(31)25(17)13(3)4)28(35)37-24-11-18-19(30)9-16(29)10-23(18)36-27(24)14-6-21(32)26(34)22(33)7-14/h5-10,12-13,24,27,29-34H,11H2,1-4H3. The van der Waals surface area contributed by atoms with Crippen molar-refractivity contribution in [2.45, 2.75) is 58.2 Å². The average molecular weight is 511 g/mol. The van der Waals surface area contributed by atoms with Gasteiger partial charge in [0.25, 0.3) is 0 Å². The molecule has 6 N–H and O–H groups in total. The largest absolute Gasteiger partial charge is 0.508 e. The number of benzene rings is 3. The zero-order valence-corrected chi connectivity index (χ0v) is 20.9. The summed E-state index contributed by atoms with van der Waals surface area (Å²) >= 11 is 0. The van der Waals surface area contributed by atoms with Crippen LogP contribution in [-0.2, 0) is 11.2 Å². The first kappa shape index (κ1) is 25.8. The minimum atomic E-state index is -1.08. The van der Waals surface area contributed by atoms with Crippen molar-refractivity contribution in [3.05, 3.63) is 64.2 Å². The van der Waals surface area contributed by atoms with Crippen LogP contribution in [0.1, 0.15) is 78.2 Å². The highest BCUT2D eigenvalue weighted by Gasteiger charge is 2.37. The van der Waals surface area contributed by atoms with Gasteiger partial charge in [0.1, 0.15) is 29.1 Å². The number of ether oxygens (including phenoxy) is 2. The van der Waals surface area contributed by atoms with Crippen LogP contribution in [0.15, 0.2) is 36.4 Å². The number of esters is 1. The molecule has 0 radical (unpaired) electrons. The molecule has 1 aliphatic rings. The fourth-order valence-electron chi connectivity index (χ4n) is 4.71. The van der Waals surface area contributed by atoms with Gasteiger partial charge < -0.3 is 40.1 Å². The Balaban J connectivity index is 1.75. The Morgan fingerprint density at radius 3 is 2.08 bits per heavy atom. The molecule has 1 aliphatic heterocycles. The lowest BCUT2D eigenvalue weighted by Crippen LogP contribution is -2.34. The van der Waals surface area contributed by atoms with Crippen molar-refractivity contribution >= 4 is 5.97 Å². The second-order valence-corrected chi connectivity index (χ2v) is 9.84. The van der Waals surface area contributed by atoms with Crippen LogP contribution in [0, 0.1) is 0 Å². The first-order valence-electron chi connectivity index (χ1n) is 11.9. The number of carbonyl (C=O) groups is 1. The Bertz CT molecular complexity index is 1340. The monoisotopic (exact) mass is 510 g/mol. The van der Waals surface area contributed by atoms with E-state index in [4.69, 9.17) is 9.47 Å². The molecule has 9 nitrogen and oxygen atoms in total. The molecule has 196 valence electrons. The van der Waals surface area contributed by atoms with E-state index in [0.717, 1.165) is 29.3 Å². The van der Waals surface area contributed by atoms with E-state index in [1.165, 1.54) is 12.1 Å². The van der Waals surface area contributed by atoms with E-state index in [1.807, 2.05) is 27.7 Å². The van der Waals surface area contributed by atoms with Gasteiger partial charge >= 0.3 is 5.97 Å². The lowest BCUT2D eigenvalue weighted by atomic mass is 9.88. The number of phenolic OH excluding ortho intramolecular Hbond substituents is 6. The van der Waals surface area contributed by atoms with Gasteiger partial charge in [0, 0.05) is 29.7 Å². The number of aromatic hydroxyl groups is 6. The maximum Gasteiger partial charge on any atom is 0.338 e. The van der Waals surface area contributed by atoms with Gasteiger partial charge in [0.05, 0.1) is 5.56 Å². The quantitative estimate of drug-likeness (QED) is 0.204. The van der Waals surface area contributed by atoms with E-state index in [-0.39, 0.29) is 52.4 Å². The second kappa shape index (κ2) is 9.65. The summed E-state index contributed by atoms with van der Waals surface area (Å²) in [7, 11) is 0. The number of rotatable bonds is 5. The summed E-state index contributed by atoms with van der Waals surface area (Å²) in [5, 5.41) is 60.8. The van der Waals surface area contributed by atoms with Gasteiger partial charge in [-0.25, -0.2) is 4.79 Å². The maximum atomic E-state index is 13.3. The van der Waals surface area contributed by atoms with Crippen molar-refractivity contribution < 1.29 is 44.9 Å². The van der Waals surface area contributed by atoms with E-state index < -0.39 is 35.4 Å². The summed E-state index contributed by atoms with van der Waals surface area (Å²) in [6.45, 7) is 7.82. The van der Waals surface area contributed by atoms with Gasteiger partial charge in [-0.2, -0.15) is 0 Å². The molecule has 0 fully saturated rings. The fourth-order valence-corrected chi connectivity index (χ4v) is 4.71. The first-order valence-corrected chi connectivity index (χ1v) is 11.9. The predicted octanol–water partition coefficient (Wildman–Crippen LogP) is 5.07. The van der Waals surface area contributed by atoms with E-state index in [0.29, 0.717) is 5.56 Å². The van der Waals surface area contributed by atoms with Crippen molar-refractivity contribution in [2.24, 2.45) is 0 Å². The normalized spacial score (nSPS) is 16.9. The molecule has 3 aromatic rings. The van der Waals surface area contributed by atoms with E-state index in [1.54, 1.807) is 6.07 Å². The molecule has 0 aliphatic carbocycles. The molecular formula is C28H30O9. The highest BCUT2D eigenvalue weighted by Crippen LogP contribution is 2.46. The molecule has 0 bridgehead atoms. The van der Waals surface area contributed by atoms with E-state index in [2.05, 4.69) is 0 Å². The third-order valence-electron chi connectivity index (χ3n) is 6.47. The van der Waals surface area contributed by atoms with Gasteiger partial charge in [-0.05, 0) is 47.2 Å². The summed E-state index contributed by atoms with van der Waals surface area (Å²) in [5.74, 6) is -3.01. The van der Waals surface area contributed by atoms with Crippen molar-refractivity contribution in [1.82, 2.24) is 0 Å². The molecule has 37 heavy (non-hydrogen) atoms. The lowest BCUT2D eigenvalue weighted by Gasteiger charge is -2.34. The van der Waals surface area contributed by atoms with Gasteiger partial charge in [0.2, 0.25) is 0 Å². The summed E-state index contributed by atoms with van der Waals surface area (Å²) in [6.07, 6.45) is -2.15. The van der Waals surface area contributed by atoms with Gasteiger partial charge in [-0.1, -0.05) is 27.7 Å². The number of carbonyl (C=O) groups excluding carboxylic acids is 1. The van der Waals surface area contributed by atoms with Gasteiger partial charge in [-0.3, -0.25) is 0 Å². The molecule has 2 atom stereocenters. The molecule has 9 heteroatoms. The molecule has 3 aromatic carbocycles. The van der Waals surface area contributed by atoms with Crippen LogP contribution >= 0.6 is 0 Å². The Kier molecular flexibility index (Phi) is 6.73. The third kappa shape index (κ3) is 4.89. The molecule has 0 spiro atoms. The van der Waals surface area contributed by atoms with Crippen LogP contribution in [-0.4, -0.2) is 42.7 Å². The van der Waals surface area contributed by atoms with Crippen LogP contribution < -0.4 is 4.74 Å². The number of phenols is 6. The zero-order chi connectivity index (χ0) is 27.2. The molecule has 0 saturated heterocycles. The van der Waals surface area contributed by atoms with Crippen molar-refractivity contribution in [3.8, 4) is 40.2 Å². The number of hydrogen-bond donors (Lipinski definition) is 6. The molecular weight excluding hydrogens is 480 g/mol. The van der Waals surface area contributed by atoms with Crippen LogP contribution in [0.25, 0.3) is 0 Å². The summed E-state index contributed by atoms with van der Waals surface area (Å²) in [6, 6.07) is 7.78. The number of fused-ring (bicyclic) bond motifs is 1. The van der Waals surface area contributed by atoms with Crippen LogP contribution in [0.4, 0.5) is 0 Å². The highest BCUT2D eigenvalue weighted by molar-refractivity contribution is 5.90. The van der Waals surface area contributed by atoms with Gasteiger partial charge in [0.15, 0.2) is 23.4 Å². The molecule has 0 saturated carbocycles. The van der Waals surface area contributed by atoms with Crippen LogP contribution in [0.2, 0.25) is 0 Å². The Morgan fingerprint density at radius 2 is 1.49 bits per heavy atom. The van der Waals surface area contributed by atoms with Crippen molar-refractivity contribution in [3.63, 3.8) is 0 Å². The maximum absolute atomic E-state index is 13.3. The Hall–Kier alpha value is -4.27. The Labute approximate surface area is 213 Å². The predicted molar refractivity (Wildman–Crippen MR) is 134 cm³/mol. The Morgan fingerprint density at radius 1 is 0.838 bits per heavy atom. The van der Waals surface area contributed by atoms with Crippen molar-refractivity contribution in [1.29, 1.82) is 0 Å². The SMILES string of the molecule is CC(C)c1cc(C(=O)OC2Cc3c(O)cc(O)cc3OC2c2cc(O)c(O)c(O)c2)cc(O)c1C(C)C. The van der Waals surface area contributed by atoms with Gasteiger partial charge in [-0.15, -0.1) is 0 Å². The average Bonchev–Trinajstić information content (AvgIpc) is 2.81. The summed E-state index contributed by atoms with van der Waals surface area (Å²) < 4.78 is 11.8. The lowest BCUT2D eigenvalue weighted by molar-refractivity contribution is -0.0189. The van der Waals surface area contributed by atoms with Crippen LogP contribution in [0.3, 0.4) is 0 Å². The minimum Gasteiger partial charge on any atom is -0.508 e. The zero-order valence-electron chi connectivity index (χ0n) is 20.9. The second-order valence-electron chi connectivity index (χ2n) is 9.84. The fraction of sp³-hybridized carbons (Fsp3) is 0.321. The molecule has 0 aromatic heterocycles. The molecule has 4 rings (SSSR count). The van der Waals surface area contributed by atoms with Crippen molar-refractivity contribution in [2.75, 3.05) is 0 Å².